The van der Waals surface area contributed by atoms with Gasteiger partial charge >= 0.3 is 0 Å². The fourth-order valence-corrected chi connectivity index (χ4v) is 2.19. The van der Waals surface area contributed by atoms with Crippen molar-refractivity contribution in [1.29, 1.82) is 0 Å². The first-order chi connectivity index (χ1) is 9.56. The largest absolute Gasteiger partial charge is 0.386 e. The number of aliphatic hydroxyl groups is 1. The van der Waals surface area contributed by atoms with Crippen molar-refractivity contribution in [2.45, 2.75) is 31.9 Å². The average molecular weight is 342 g/mol. The number of carbonyl (C=O) groups is 1. The molecule has 4 nitrogen and oxygen atoms in total. The summed E-state index contributed by atoms with van der Waals surface area (Å²) in [4.78, 5) is 11.7. The molecule has 0 saturated heterocycles. The van der Waals surface area contributed by atoms with Crippen LogP contribution in [0.2, 0.25) is 0 Å². The van der Waals surface area contributed by atoms with Crippen LogP contribution in [0.25, 0.3) is 0 Å². The van der Waals surface area contributed by atoms with Crippen molar-refractivity contribution in [2.24, 2.45) is 5.92 Å². The van der Waals surface area contributed by atoms with Gasteiger partial charge in [0.1, 0.15) is 6.61 Å². The van der Waals surface area contributed by atoms with E-state index in [1.807, 2.05) is 24.3 Å². The van der Waals surface area contributed by atoms with Crippen molar-refractivity contribution >= 4 is 21.8 Å². The quantitative estimate of drug-likeness (QED) is 0.800. The number of ether oxygens (including phenoxy) is 1. The van der Waals surface area contributed by atoms with Gasteiger partial charge in [-0.05, 0) is 43.4 Å². The summed E-state index contributed by atoms with van der Waals surface area (Å²) < 4.78 is 6.28. The number of halogens is 1. The molecule has 0 radical (unpaired) electrons. The van der Waals surface area contributed by atoms with Crippen LogP contribution in [0.15, 0.2) is 28.7 Å². The molecule has 2 rings (SSSR count). The third kappa shape index (κ3) is 4.89. The summed E-state index contributed by atoms with van der Waals surface area (Å²) in [5, 5.41) is 12.9. The maximum atomic E-state index is 11.7. The molecule has 2 N–H and O–H groups in total. The van der Waals surface area contributed by atoms with E-state index in [0.717, 1.165) is 10.0 Å². The van der Waals surface area contributed by atoms with E-state index in [0.29, 0.717) is 12.5 Å². The summed E-state index contributed by atoms with van der Waals surface area (Å²) in [6, 6.07) is 7.05. The lowest BCUT2D eigenvalue weighted by Gasteiger charge is -2.20. The molecule has 0 heterocycles. The number of carbonyl (C=O) groups excluding carboxylic acids is 1. The SMILES string of the molecule is CC(NC(=O)COCC1CC1)C(O)c1ccc(Br)cc1. The van der Waals surface area contributed by atoms with Gasteiger partial charge in [-0.3, -0.25) is 4.79 Å². The molecule has 0 bridgehead atoms. The Labute approximate surface area is 127 Å². The molecule has 1 fully saturated rings. The Morgan fingerprint density at radius 1 is 1.45 bits per heavy atom. The van der Waals surface area contributed by atoms with Crippen LogP contribution in [-0.2, 0) is 9.53 Å². The predicted octanol–water partition coefficient (Wildman–Crippen LogP) is 2.41. The highest BCUT2D eigenvalue weighted by atomic mass is 79.9. The third-order valence-corrected chi connectivity index (χ3v) is 3.89. The molecule has 2 atom stereocenters. The lowest BCUT2D eigenvalue weighted by molar-refractivity contribution is -0.127. The number of benzene rings is 1. The predicted molar refractivity (Wildman–Crippen MR) is 80.2 cm³/mol. The van der Waals surface area contributed by atoms with Gasteiger partial charge in [-0.1, -0.05) is 28.1 Å². The van der Waals surface area contributed by atoms with Crippen molar-refractivity contribution in [2.75, 3.05) is 13.2 Å². The second kappa shape index (κ2) is 7.20. The summed E-state index contributed by atoms with van der Waals surface area (Å²) in [6.07, 6.45) is 1.69. The highest BCUT2D eigenvalue weighted by Gasteiger charge is 2.22. The molecule has 0 aromatic heterocycles. The van der Waals surface area contributed by atoms with Gasteiger partial charge < -0.3 is 15.2 Å². The third-order valence-electron chi connectivity index (χ3n) is 3.36. The Hall–Kier alpha value is -0.910. The molecular formula is C15H20BrNO3. The van der Waals surface area contributed by atoms with Crippen LogP contribution in [0.1, 0.15) is 31.4 Å². The topological polar surface area (TPSA) is 58.6 Å². The van der Waals surface area contributed by atoms with Gasteiger partial charge in [-0.25, -0.2) is 0 Å². The maximum absolute atomic E-state index is 11.7. The van der Waals surface area contributed by atoms with Crippen molar-refractivity contribution < 1.29 is 14.6 Å². The highest BCUT2D eigenvalue weighted by molar-refractivity contribution is 9.10. The van der Waals surface area contributed by atoms with E-state index in [1.54, 1.807) is 6.92 Å². The minimum absolute atomic E-state index is 0.0634. The van der Waals surface area contributed by atoms with Gasteiger partial charge in [-0.15, -0.1) is 0 Å². The first kappa shape index (κ1) is 15.5. The molecule has 5 heteroatoms. The molecule has 1 saturated carbocycles. The average Bonchev–Trinajstić information content (AvgIpc) is 3.23. The van der Waals surface area contributed by atoms with Crippen LogP contribution in [-0.4, -0.2) is 30.3 Å². The molecule has 110 valence electrons. The Bertz CT molecular complexity index is 445. The Morgan fingerprint density at radius 3 is 2.70 bits per heavy atom. The van der Waals surface area contributed by atoms with Crippen molar-refractivity contribution in [3.63, 3.8) is 0 Å². The first-order valence-corrected chi connectivity index (χ1v) is 7.66. The fraction of sp³-hybridized carbons (Fsp3) is 0.533. The van der Waals surface area contributed by atoms with E-state index in [1.165, 1.54) is 12.8 Å². The van der Waals surface area contributed by atoms with Gasteiger partial charge in [0.05, 0.1) is 18.8 Å². The molecule has 1 aliphatic carbocycles. The van der Waals surface area contributed by atoms with E-state index < -0.39 is 6.10 Å². The van der Waals surface area contributed by atoms with E-state index in [9.17, 15) is 9.90 Å². The highest BCUT2D eigenvalue weighted by Crippen LogP contribution is 2.28. The summed E-state index contributed by atoms with van der Waals surface area (Å²) in [5.74, 6) is 0.461. The molecule has 1 aromatic carbocycles. The normalized spacial score (nSPS) is 17.6. The first-order valence-electron chi connectivity index (χ1n) is 6.87. The zero-order chi connectivity index (χ0) is 14.5. The van der Waals surface area contributed by atoms with E-state index in [4.69, 9.17) is 4.74 Å². The minimum Gasteiger partial charge on any atom is -0.386 e. The van der Waals surface area contributed by atoms with Crippen LogP contribution in [0.5, 0.6) is 0 Å². The zero-order valence-corrected chi connectivity index (χ0v) is 13.1. The minimum atomic E-state index is -0.726. The van der Waals surface area contributed by atoms with E-state index >= 15 is 0 Å². The van der Waals surface area contributed by atoms with Gasteiger partial charge in [0.2, 0.25) is 5.91 Å². The van der Waals surface area contributed by atoms with Crippen LogP contribution in [0.3, 0.4) is 0 Å². The Balaban J connectivity index is 1.75. The number of nitrogens with one attached hydrogen (secondary N) is 1. The van der Waals surface area contributed by atoms with Gasteiger partial charge in [0, 0.05) is 4.47 Å². The molecule has 20 heavy (non-hydrogen) atoms. The monoisotopic (exact) mass is 341 g/mol. The molecule has 1 aliphatic rings. The lowest BCUT2D eigenvalue weighted by atomic mass is 10.0. The summed E-state index contributed by atoms with van der Waals surface area (Å²) >= 11 is 3.35. The molecule has 0 spiro atoms. The number of amides is 1. The molecule has 2 unspecified atom stereocenters. The van der Waals surface area contributed by atoms with E-state index in [2.05, 4.69) is 21.2 Å². The van der Waals surface area contributed by atoms with Crippen LogP contribution >= 0.6 is 15.9 Å². The smallest absolute Gasteiger partial charge is 0.246 e. The lowest BCUT2D eigenvalue weighted by Crippen LogP contribution is -2.39. The maximum Gasteiger partial charge on any atom is 0.246 e. The Kier molecular flexibility index (Phi) is 5.57. The second-order valence-electron chi connectivity index (χ2n) is 5.31. The van der Waals surface area contributed by atoms with Gasteiger partial charge in [0.15, 0.2) is 0 Å². The van der Waals surface area contributed by atoms with Crippen LogP contribution in [0, 0.1) is 5.92 Å². The second-order valence-corrected chi connectivity index (χ2v) is 6.23. The van der Waals surface area contributed by atoms with E-state index in [-0.39, 0.29) is 18.6 Å². The number of aliphatic hydroxyl groups excluding tert-OH is 1. The summed E-state index contributed by atoms with van der Waals surface area (Å²) in [7, 11) is 0. The zero-order valence-electron chi connectivity index (χ0n) is 11.5. The van der Waals surface area contributed by atoms with Crippen molar-refractivity contribution in [3.8, 4) is 0 Å². The van der Waals surface area contributed by atoms with Crippen LogP contribution < -0.4 is 5.32 Å². The molecular weight excluding hydrogens is 322 g/mol. The fourth-order valence-electron chi connectivity index (χ4n) is 1.93. The number of hydrogen-bond acceptors (Lipinski definition) is 3. The summed E-state index contributed by atoms with van der Waals surface area (Å²) in [6.45, 7) is 2.51. The van der Waals surface area contributed by atoms with Crippen molar-refractivity contribution in [1.82, 2.24) is 5.32 Å². The van der Waals surface area contributed by atoms with Crippen molar-refractivity contribution in [3.05, 3.63) is 34.3 Å². The summed E-state index contributed by atoms with van der Waals surface area (Å²) in [5.41, 5.74) is 0.778. The Morgan fingerprint density at radius 2 is 2.10 bits per heavy atom. The number of hydrogen-bond donors (Lipinski definition) is 2. The molecule has 1 amide bonds. The van der Waals surface area contributed by atoms with Gasteiger partial charge in [0.25, 0.3) is 0 Å². The standard InChI is InChI=1S/C15H20BrNO3/c1-10(15(19)12-4-6-13(16)7-5-12)17-14(18)9-20-8-11-2-3-11/h4-7,10-11,15,19H,2-3,8-9H2,1H3,(H,17,18). The van der Waals surface area contributed by atoms with Gasteiger partial charge in [-0.2, -0.15) is 0 Å². The van der Waals surface area contributed by atoms with Crippen LogP contribution in [0.4, 0.5) is 0 Å². The molecule has 1 aromatic rings. The number of rotatable bonds is 7. The molecule has 0 aliphatic heterocycles.